The molecule has 0 bridgehead atoms. The fourth-order valence-electron chi connectivity index (χ4n) is 3.17. The average molecular weight is 301 g/mol. The van der Waals surface area contributed by atoms with Gasteiger partial charge in [-0.1, -0.05) is 12.1 Å². The molecule has 2 aliphatic rings. The molecule has 1 fully saturated rings. The highest BCUT2D eigenvalue weighted by Crippen LogP contribution is 2.37. The van der Waals surface area contributed by atoms with Crippen LogP contribution in [0.5, 0.6) is 0 Å². The van der Waals surface area contributed by atoms with Crippen LogP contribution in [0.1, 0.15) is 40.4 Å². The molecule has 0 aromatic heterocycles. The third kappa shape index (κ3) is 2.29. The van der Waals surface area contributed by atoms with Crippen molar-refractivity contribution >= 4 is 24.0 Å². The molecule has 1 aromatic carbocycles. The second-order valence-electron chi connectivity index (χ2n) is 5.52. The number of nitrogens with zero attached hydrogens (tertiary/aromatic N) is 1. The van der Waals surface area contributed by atoms with Crippen LogP contribution in [0.15, 0.2) is 18.2 Å². The smallest absolute Gasteiger partial charge is 0.243 e. The predicted molar refractivity (Wildman–Crippen MR) is 75.5 cm³/mol. The first-order valence-corrected chi connectivity index (χ1v) is 6.98. The third-order valence-electron chi connectivity index (χ3n) is 4.16. The van der Waals surface area contributed by atoms with Gasteiger partial charge in [-0.25, -0.2) is 0 Å². The Morgan fingerprint density at radius 1 is 1.36 bits per heavy atom. The maximum Gasteiger partial charge on any atom is 0.243 e. The topological polar surface area (TPSA) is 110 Å². The number of hydrogen-bond donors (Lipinski definition) is 2. The fourth-order valence-corrected chi connectivity index (χ4v) is 3.17. The molecule has 3 N–H and O–H groups in total. The Hall–Kier alpha value is -2.54. The number of carbonyl (C=O) groups is 4. The summed E-state index contributed by atoms with van der Waals surface area (Å²) in [6, 6.07) is 3.71. The summed E-state index contributed by atoms with van der Waals surface area (Å²) >= 11 is 0. The van der Waals surface area contributed by atoms with Crippen LogP contribution in [-0.4, -0.2) is 34.9 Å². The molecule has 0 saturated carbocycles. The summed E-state index contributed by atoms with van der Waals surface area (Å²) in [4.78, 5) is 47.8. The van der Waals surface area contributed by atoms with Crippen molar-refractivity contribution in [3.8, 4) is 0 Å². The van der Waals surface area contributed by atoms with E-state index in [2.05, 4.69) is 5.32 Å². The minimum Gasteiger partial charge on any atom is -0.368 e. The Morgan fingerprint density at radius 3 is 2.77 bits per heavy atom. The number of aldehydes is 1. The minimum absolute atomic E-state index is 0.230. The van der Waals surface area contributed by atoms with Crippen LogP contribution in [0, 0.1) is 0 Å². The van der Waals surface area contributed by atoms with Crippen molar-refractivity contribution in [3.63, 3.8) is 0 Å². The summed E-state index contributed by atoms with van der Waals surface area (Å²) in [6.45, 7) is 0.344. The third-order valence-corrected chi connectivity index (χ3v) is 4.16. The Labute approximate surface area is 126 Å². The number of fused-ring (bicyclic) bond motifs is 1. The second-order valence-corrected chi connectivity index (χ2v) is 5.52. The summed E-state index contributed by atoms with van der Waals surface area (Å²) in [5.41, 5.74) is 7.53. The van der Waals surface area contributed by atoms with Gasteiger partial charge in [0.05, 0.1) is 6.04 Å². The number of primary amides is 1. The van der Waals surface area contributed by atoms with Crippen LogP contribution in [0.2, 0.25) is 0 Å². The van der Waals surface area contributed by atoms with Crippen molar-refractivity contribution in [3.05, 3.63) is 34.9 Å². The monoisotopic (exact) mass is 301 g/mol. The molecule has 114 valence electrons. The van der Waals surface area contributed by atoms with E-state index in [-0.39, 0.29) is 12.3 Å². The number of amides is 3. The van der Waals surface area contributed by atoms with Crippen LogP contribution >= 0.6 is 0 Å². The van der Waals surface area contributed by atoms with Gasteiger partial charge in [0.2, 0.25) is 17.7 Å². The van der Waals surface area contributed by atoms with Crippen molar-refractivity contribution in [1.29, 1.82) is 0 Å². The number of imide groups is 1. The highest BCUT2D eigenvalue weighted by Gasteiger charge is 2.42. The van der Waals surface area contributed by atoms with E-state index in [1.54, 1.807) is 23.1 Å². The van der Waals surface area contributed by atoms with E-state index in [9.17, 15) is 19.2 Å². The molecular formula is C15H15N3O4. The molecule has 0 aliphatic carbocycles. The van der Waals surface area contributed by atoms with Gasteiger partial charge < -0.3 is 5.73 Å². The van der Waals surface area contributed by atoms with E-state index in [1.807, 2.05) is 0 Å². The second kappa shape index (κ2) is 5.34. The number of piperidine rings is 1. The molecule has 1 saturated heterocycles. The van der Waals surface area contributed by atoms with Gasteiger partial charge in [0.15, 0.2) is 0 Å². The first-order chi connectivity index (χ1) is 10.5. The molecule has 7 heteroatoms. The minimum atomic E-state index is -0.723. The van der Waals surface area contributed by atoms with Crippen molar-refractivity contribution < 1.29 is 19.2 Å². The number of hydrogen-bond acceptors (Lipinski definition) is 5. The van der Waals surface area contributed by atoms with Crippen molar-refractivity contribution in [2.24, 2.45) is 5.73 Å². The maximum absolute atomic E-state index is 12.1. The largest absolute Gasteiger partial charge is 0.368 e. The first-order valence-electron chi connectivity index (χ1n) is 6.98. The number of carbonyl (C=O) groups excluding carboxylic acids is 4. The van der Waals surface area contributed by atoms with Gasteiger partial charge in [0, 0.05) is 18.5 Å². The van der Waals surface area contributed by atoms with E-state index < -0.39 is 23.9 Å². The molecule has 2 unspecified atom stereocenters. The van der Waals surface area contributed by atoms with Crippen LogP contribution in [0.4, 0.5) is 0 Å². The quantitative estimate of drug-likeness (QED) is 0.585. The van der Waals surface area contributed by atoms with Gasteiger partial charge in [0.1, 0.15) is 12.3 Å². The molecule has 2 heterocycles. The highest BCUT2D eigenvalue weighted by molar-refractivity contribution is 6.00. The predicted octanol–water partition coefficient (Wildman–Crippen LogP) is -0.354. The van der Waals surface area contributed by atoms with E-state index >= 15 is 0 Å². The van der Waals surface area contributed by atoms with E-state index in [0.717, 1.165) is 11.8 Å². The molecule has 3 amide bonds. The van der Waals surface area contributed by atoms with Gasteiger partial charge in [0.25, 0.3) is 0 Å². The molecule has 22 heavy (non-hydrogen) atoms. The Kier molecular flexibility index (Phi) is 3.50. The molecule has 2 atom stereocenters. The molecule has 0 radical (unpaired) electrons. The SMILES string of the molecule is NC(=O)C1c2ccc(C=O)cc2CN1C1CCC(=O)NC1=O. The van der Waals surface area contributed by atoms with E-state index in [0.29, 0.717) is 24.1 Å². The Balaban J connectivity index is 1.95. The molecule has 1 aromatic rings. The molecule has 7 nitrogen and oxygen atoms in total. The van der Waals surface area contributed by atoms with Gasteiger partial charge >= 0.3 is 0 Å². The summed E-state index contributed by atoms with van der Waals surface area (Å²) in [6.07, 6.45) is 1.31. The maximum atomic E-state index is 12.1. The Bertz CT molecular complexity index is 685. The van der Waals surface area contributed by atoms with Crippen molar-refractivity contribution in [2.75, 3.05) is 0 Å². The lowest BCUT2D eigenvalue weighted by atomic mass is 10.0. The number of nitrogens with two attached hydrogens (primary N) is 1. The lowest BCUT2D eigenvalue weighted by molar-refractivity contribution is -0.139. The van der Waals surface area contributed by atoms with Gasteiger partial charge in [-0.05, 0) is 23.6 Å². The standard InChI is InChI=1S/C15H15N3O4/c16-14(21)13-10-2-1-8(7-19)5-9(10)6-18(13)11-3-4-12(20)17-15(11)22/h1-2,5,7,11,13H,3-4,6H2,(H2,16,21)(H,17,20,22). The van der Waals surface area contributed by atoms with Gasteiger partial charge in [-0.15, -0.1) is 0 Å². The normalized spacial score (nSPS) is 24.7. The Morgan fingerprint density at radius 2 is 2.14 bits per heavy atom. The summed E-state index contributed by atoms with van der Waals surface area (Å²) in [5, 5.41) is 2.29. The van der Waals surface area contributed by atoms with Crippen LogP contribution in [0.3, 0.4) is 0 Å². The molecular weight excluding hydrogens is 286 g/mol. The zero-order valence-electron chi connectivity index (χ0n) is 11.7. The number of nitrogens with one attached hydrogen (secondary N) is 1. The van der Waals surface area contributed by atoms with E-state index in [4.69, 9.17) is 5.73 Å². The van der Waals surface area contributed by atoms with Crippen LogP contribution in [0.25, 0.3) is 0 Å². The summed E-state index contributed by atoms with van der Waals surface area (Å²) < 4.78 is 0. The van der Waals surface area contributed by atoms with E-state index in [1.165, 1.54) is 0 Å². The fraction of sp³-hybridized carbons (Fsp3) is 0.333. The van der Waals surface area contributed by atoms with Crippen LogP contribution < -0.4 is 11.1 Å². The van der Waals surface area contributed by atoms with Crippen molar-refractivity contribution in [1.82, 2.24) is 10.2 Å². The zero-order chi connectivity index (χ0) is 15.9. The lowest BCUT2D eigenvalue weighted by Gasteiger charge is -2.32. The molecule has 3 rings (SSSR count). The molecule has 0 spiro atoms. The van der Waals surface area contributed by atoms with Gasteiger partial charge in [-0.2, -0.15) is 0 Å². The zero-order valence-corrected chi connectivity index (χ0v) is 11.7. The lowest BCUT2D eigenvalue weighted by Crippen LogP contribution is -2.53. The van der Waals surface area contributed by atoms with Crippen LogP contribution in [-0.2, 0) is 20.9 Å². The van der Waals surface area contributed by atoms with Gasteiger partial charge in [-0.3, -0.25) is 29.4 Å². The number of rotatable bonds is 3. The summed E-state index contributed by atoms with van der Waals surface area (Å²) in [7, 11) is 0. The van der Waals surface area contributed by atoms with Crippen molar-refractivity contribution in [2.45, 2.75) is 31.5 Å². The highest BCUT2D eigenvalue weighted by atomic mass is 16.2. The first kappa shape index (κ1) is 14.4. The molecule has 2 aliphatic heterocycles. The number of benzene rings is 1. The summed E-state index contributed by atoms with van der Waals surface area (Å²) in [5.74, 6) is -1.27. The average Bonchev–Trinajstić information content (AvgIpc) is 2.85.